The average molecular weight is 332 g/mol. The van der Waals surface area contributed by atoms with Gasteiger partial charge in [-0.1, -0.05) is 26.0 Å². The zero-order valence-corrected chi connectivity index (χ0v) is 15.5. The van der Waals surface area contributed by atoms with Crippen LogP contribution >= 0.6 is 0 Å². The number of benzene rings is 1. The molecule has 0 amide bonds. The maximum atomic E-state index is 5.41. The lowest BCUT2D eigenvalue weighted by atomic mass is 10.1. The molecule has 1 atom stereocenters. The fourth-order valence-corrected chi connectivity index (χ4v) is 2.51. The minimum Gasteiger partial charge on any atom is -0.378 e. The van der Waals surface area contributed by atoms with E-state index < -0.39 is 0 Å². The van der Waals surface area contributed by atoms with Crippen molar-refractivity contribution < 1.29 is 4.74 Å². The summed E-state index contributed by atoms with van der Waals surface area (Å²) in [7, 11) is 0. The minimum absolute atomic E-state index is 0.395. The molecule has 1 fully saturated rings. The molecule has 0 radical (unpaired) electrons. The molecule has 0 spiro atoms. The van der Waals surface area contributed by atoms with Crippen molar-refractivity contribution in [3.05, 3.63) is 29.8 Å². The van der Waals surface area contributed by atoms with Gasteiger partial charge in [0.15, 0.2) is 5.96 Å². The zero-order valence-electron chi connectivity index (χ0n) is 15.5. The highest BCUT2D eigenvalue weighted by molar-refractivity contribution is 5.80. The molecule has 1 heterocycles. The third-order valence-electron chi connectivity index (χ3n) is 4.44. The second-order valence-electron chi connectivity index (χ2n) is 6.64. The molecule has 5 nitrogen and oxygen atoms in total. The first-order valence-electron chi connectivity index (χ1n) is 9.06. The number of hydrogen-bond donors (Lipinski definition) is 2. The molecule has 1 aliphatic rings. The van der Waals surface area contributed by atoms with Crippen molar-refractivity contribution in [2.24, 2.45) is 10.9 Å². The molecule has 1 aromatic rings. The Kier molecular flexibility index (Phi) is 7.37. The molecule has 1 aromatic carbocycles. The highest BCUT2D eigenvalue weighted by Gasteiger charge is 2.11. The van der Waals surface area contributed by atoms with Crippen LogP contribution in [0.2, 0.25) is 0 Å². The van der Waals surface area contributed by atoms with E-state index >= 15 is 0 Å². The summed E-state index contributed by atoms with van der Waals surface area (Å²) < 4.78 is 5.41. The second-order valence-corrected chi connectivity index (χ2v) is 6.64. The van der Waals surface area contributed by atoms with Crippen molar-refractivity contribution >= 4 is 11.6 Å². The number of rotatable bonds is 6. The molecule has 1 aliphatic heterocycles. The van der Waals surface area contributed by atoms with E-state index in [1.54, 1.807) is 0 Å². The lowest BCUT2D eigenvalue weighted by Crippen LogP contribution is -2.44. The fourth-order valence-electron chi connectivity index (χ4n) is 2.51. The van der Waals surface area contributed by atoms with Gasteiger partial charge in [-0.25, -0.2) is 4.99 Å². The molecule has 24 heavy (non-hydrogen) atoms. The average Bonchev–Trinajstić information content (AvgIpc) is 2.61. The SMILES string of the molecule is CCNC(=NCc1ccc(N2CCOCC2)cc1)NC(C)C(C)C. The molecule has 2 N–H and O–H groups in total. The third kappa shape index (κ3) is 5.71. The van der Waals surface area contributed by atoms with Crippen LogP contribution in [0.4, 0.5) is 5.69 Å². The summed E-state index contributed by atoms with van der Waals surface area (Å²) in [5.74, 6) is 1.46. The van der Waals surface area contributed by atoms with Crippen LogP contribution in [0.5, 0.6) is 0 Å². The Labute approximate surface area is 146 Å². The smallest absolute Gasteiger partial charge is 0.191 e. The van der Waals surface area contributed by atoms with Gasteiger partial charge in [0.05, 0.1) is 19.8 Å². The van der Waals surface area contributed by atoms with E-state index in [-0.39, 0.29) is 0 Å². The maximum absolute atomic E-state index is 5.41. The van der Waals surface area contributed by atoms with Crippen molar-refractivity contribution in [1.29, 1.82) is 0 Å². The summed E-state index contributed by atoms with van der Waals surface area (Å²) in [6.07, 6.45) is 0. The molecule has 134 valence electrons. The zero-order chi connectivity index (χ0) is 17.4. The van der Waals surface area contributed by atoms with Gasteiger partial charge in [0, 0.05) is 31.4 Å². The van der Waals surface area contributed by atoms with E-state index in [2.05, 4.69) is 67.5 Å². The highest BCUT2D eigenvalue weighted by atomic mass is 16.5. The van der Waals surface area contributed by atoms with E-state index in [1.165, 1.54) is 11.3 Å². The molecule has 0 aromatic heterocycles. The molecular formula is C19H32N4O. The summed E-state index contributed by atoms with van der Waals surface area (Å²) in [5.41, 5.74) is 2.49. The quantitative estimate of drug-likeness (QED) is 0.621. The van der Waals surface area contributed by atoms with Crippen LogP contribution in [0.1, 0.15) is 33.3 Å². The van der Waals surface area contributed by atoms with Crippen molar-refractivity contribution in [3.8, 4) is 0 Å². The third-order valence-corrected chi connectivity index (χ3v) is 4.44. The van der Waals surface area contributed by atoms with Gasteiger partial charge in [0.1, 0.15) is 0 Å². The predicted octanol–water partition coefficient (Wildman–Crippen LogP) is 2.62. The lowest BCUT2D eigenvalue weighted by Gasteiger charge is -2.28. The molecule has 1 unspecified atom stereocenters. The van der Waals surface area contributed by atoms with Crippen LogP contribution in [0.15, 0.2) is 29.3 Å². The lowest BCUT2D eigenvalue weighted by molar-refractivity contribution is 0.122. The number of aliphatic imine (C=N–C) groups is 1. The van der Waals surface area contributed by atoms with Gasteiger partial charge in [-0.15, -0.1) is 0 Å². The van der Waals surface area contributed by atoms with Crippen molar-refractivity contribution in [2.75, 3.05) is 37.7 Å². The normalized spacial score (nSPS) is 17.0. The van der Waals surface area contributed by atoms with E-state index in [1.807, 2.05) is 0 Å². The Balaban J connectivity index is 1.95. The molecular weight excluding hydrogens is 300 g/mol. The minimum atomic E-state index is 0.395. The van der Waals surface area contributed by atoms with Gasteiger partial charge in [0.25, 0.3) is 0 Å². The van der Waals surface area contributed by atoms with Crippen LogP contribution in [0.25, 0.3) is 0 Å². The summed E-state index contributed by atoms with van der Waals surface area (Å²) in [4.78, 5) is 7.08. The Bertz CT molecular complexity index is 507. The first-order chi connectivity index (χ1) is 11.6. The van der Waals surface area contributed by atoms with Crippen molar-refractivity contribution in [2.45, 2.75) is 40.3 Å². The van der Waals surface area contributed by atoms with Gasteiger partial charge in [0.2, 0.25) is 0 Å². The Morgan fingerprint density at radius 3 is 2.42 bits per heavy atom. The predicted molar refractivity (Wildman–Crippen MR) is 102 cm³/mol. The molecule has 2 rings (SSSR count). The van der Waals surface area contributed by atoms with E-state index in [0.29, 0.717) is 18.5 Å². The van der Waals surface area contributed by atoms with Crippen molar-refractivity contribution in [3.63, 3.8) is 0 Å². The van der Waals surface area contributed by atoms with Gasteiger partial charge in [-0.3, -0.25) is 0 Å². The highest BCUT2D eigenvalue weighted by Crippen LogP contribution is 2.17. The Morgan fingerprint density at radius 2 is 1.83 bits per heavy atom. The molecule has 5 heteroatoms. The fraction of sp³-hybridized carbons (Fsp3) is 0.632. The molecule has 1 saturated heterocycles. The number of nitrogens with zero attached hydrogens (tertiary/aromatic N) is 2. The Morgan fingerprint density at radius 1 is 1.17 bits per heavy atom. The Hall–Kier alpha value is -1.75. The van der Waals surface area contributed by atoms with E-state index in [0.717, 1.165) is 38.8 Å². The first kappa shape index (κ1) is 18.6. The summed E-state index contributed by atoms with van der Waals surface area (Å²) in [5, 5.41) is 6.79. The molecule has 0 saturated carbocycles. The van der Waals surface area contributed by atoms with Crippen LogP contribution in [0.3, 0.4) is 0 Å². The van der Waals surface area contributed by atoms with Gasteiger partial charge in [-0.05, 0) is 37.5 Å². The number of nitrogens with one attached hydrogen (secondary N) is 2. The summed E-state index contributed by atoms with van der Waals surface area (Å²) >= 11 is 0. The van der Waals surface area contributed by atoms with Gasteiger partial charge >= 0.3 is 0 Å². The largest absolute Gasteiger partial charge is 0.378 e. The number of ether oxygens (including phenoxy) is 1. The number of guanidine groups is 1. The maximum Gasteiger partial charge on any atom is 0.191 e. The van der Waals surface area contributed by atoms with E-state index in [4.69, 9.17) is 9.73 Å². The number of anilines is 1. The summed E-state index contributed by atoms with van der Waals surface area (Å²) in [6.45, 7) is 13.8. The monoisotopic (exact) mass is 332 g/mol. The van der Waals surface area contributed by atoms with Crippen LogP contribution < -0.4 is 15.5 Å². The molecule has 0 aliphatic carbocycles. The van der Waals surface area contributed by atoms with Crippen LogP contribution in [-0.2, 0) is 11.3 Å². The number of morpholine rings is 1. The molecule has 0 bridgehead atoms. The van der Waals surface area contributed by atoms with Gasteiger partial charge < -0.3 is 20.3 Å². The summed E-state index contributed by atoms with van der Waals surface area (Å²) in [6, 6.07) is 9.11. The van der Waals surface area contributed by atoms with E-state index in [9.17, 15) is 0 Å². The van der Waals surface area contributed by atoms with Crippen LogP contribution in [0, 0.1) is 5.92 Å². The second kappa shape index (κ2) is 9.52. The van der Waals surface area contributed by atoms with Crippen molar-refractivity contribution in [1.82, 2.24) is 10.6 Å². The standard InChI is InChI=1S/C19H32N4O/c1-5-20-19(22-16(4)15(2)3)21-14-17-6-8-18(9-7-17)23-10-12-24-13-11-23/h6-9,15-16H,5,10-14H2,1-4H3,(H2,20,21,22). The number of hydrogen-bond acceptors (Lipinski definition) is 3. The van der Waals surface area contributed by atoms with Gasteiger partial charge in [-0.2, -0.15) is 0 Å². The van der Waals surface area contributed by atoms with Crippen LogP contribution in [-0.4, -0.2) is 44.8 Å². The topological polar surface area (TPSA) is 48.9 Å². The first-order valence-corrected chi connectivity index (χ1v) is 9.06.